The van der Waals surface area contributed by atoms with Crippen molar-refractivity contribution in [2.24, 2.45) is 0 Å². The third kappa shape index (κ3) is 2.84. The van der Waals surface area contributed by atoms with E-state index in [-0.39, 0.29) is 24.9 Å². The molecular weight excluding hydrogens is 377 g/mol. The Hall–Kier alpha value is -3.68. The topological polar surface area (TPSA) is 82.5 Å². The summed E-state index contributed by atoms with van der Waals surface area (Å²) in [5.41, 5.74) is 2.13. The van der Waals surface area contributed by atoms with Crippen LogP contribution in [0.4, 0.5) is 10.2 Å². The lowest BCUT2D eigenvalue weighted by atomic mass is 9.85. The Morgan fingerprint density at radius 1 is 1.21 bits per heavy atom. The summed E-state index contributed by atoms with van der Waals surface area (Å²) in [6, 6.07) is 10.9. The smallest absolute Gasteiger partial charge is 0.231 e. The molecule has 1 amide bonds. The van der Waals surface area contributed by atoms with Crippen molar-refractivity contribution >= 4 is 17.5 Å². The number of aromatic nitrogens is 2. The summed E-state index contributed by atoms with van der Waals surface area (Å²) in [6.07, 6.45) is 0.00988. The summed E-state index contributed by atoms with van der Waals surface area (Å²) in [4.78, 5) is 25.7. The van der Waals surface area contributed by atoms with Gasteiger partial charge in [-0.3, -0.25) is 9.59 Å². The number of halogens is 1. The van der Waals surface area contributed by atoms with Gasteiger partial charge in [0.2, 0.25) is 12.7 Å². The first kappa shape index (κ1) is 17.4. The van der Waals surface area contributed by atoms with Crippen LogP contribution in [0.15, 0.2) is 42.5 Å². The quantitative estimate of drug-likeness (QED) is 0.690. The van der Waals surface area contributed by atoms with Crippen molar-refractivity contribution in [1.29, 1.82) is 0 Å². The molecule has 0 bridgehead atoms. The third-order valence-electron chi connectivity index (χ3n) is 5.13. The van der Waals surface area contributed by atoms with Gasteiger partial charge in [-0.15, -0.1) is 0 Å². The van der Waals surface area contributed by atoms with Crippen LogP contribution in [0.5, 0.6) is 11.5 Å². The summed E-state index contributed by atoms with van der Waals surface area (Å²) in [5, 5.41) is 7.25. The number of benzene rings is 2. The van der Waals surface area contributed by atoms with Crippen LogP contribution in [0, 0.1) is 12.7 Å². The first-order valence-electron chi connectivity index (χ1n) is 9.10. The number of ketones is 1. The summed E-state index contributed by atoms with van der Waals surface area (Å²) in [5.74, 6) is -0.137. The highest BCUT2D eigenvalue weighted by Crippen LogP contribution is 2.40. The summed E-state index contributed by atoms with van der Waals surface area (Å²) < 4.78 is 25.8. The highest BCUT2D eigenvalue weighted by Gasteiger charge is 2.36. The largest absolute Gasteiger partial charge is 0.454 e. The van der Waals surface area contributed by atoms with Gasteiger partial charge in [-0.2, -0.15) is 5.10 Å². The molecule has 0 unspecified atom stereocenters. The predicted octanol–water partition coefficient (Wildman–Crippen LogP) is 3.36. The molecule has 0 aliphatic carbocycles. The van der Waals surface area contributed by atoms with E-state index < -0.39 is 11.7 Å². The molecule has 8 heteroatoms. The minimum atomic E-state index is -0.693. The van der Waals surface area contributed by atoms with Crippen LogP contribution < -0.4 is 14.8 Å². The van der Waals surface area contributed by atoms with Gasteiger partial charge in [0.1, 0.15) is 11.6 Å². The third-order valence-corrected chi connectivity index (χ3v) is 5.13. The van der Waals surface area contributed by atoms with Crippen LogP contribution >= 0.6 is 0 Å². The lowest BCUT2D eigenvalue weighted by Gasteiger charge is -2.23. The lowest BCUT2D eigenvalue weighted by Crippen LogP contribution is -2.28. The Kier molecular flexibility index (Phi) is 3.87. The number of anilines is 1. The molecule has 3 heterocycles. The average Bonchev–Trinajstić information content (AvgIpc) is 3.30. The summed E-state index contributed by atoms with van der Waals surface area (Å²) in [7, 11) is 0. The molecule has 5 rings (SSSR count). The van der Waals surface area contributed by atoms with Gasteiger partial charge in [0.25, 0.3) is 0 Å². The fourth-order valence-corrected chi connectivity index (χ4v) is 3.82. The molecule has 1 N–H and O–H groups in total. The number of carbonyl (C=O) groups excluding carboxylic acids is 2. The number of carbonyl (C=O) groups is 2. The Morgan fingerprint density at radius 2 is 2.03 bits per heavy atom. The van der Waals surface area contributed by atoms with Crippen LogP contribution in [0.3, 0.4) is 0 Å². The second-order valence-corrected chi connectivity index (χ2v) is 6.98. The van der Waals surface area contributed by atoms with Crippen molar-refractivity contribution < 1.29 is 23.5 Å². The zero-order chi connectivity index (χ0) is 20.1. The fourth-order valence-electron chi connectivity index (χ4n) is 3.82. The number of amides is 1. The number of nitrogens with one attached hydrogen (secondary N) is 1. The van der Waals surface area contributed by atoms with Crippen molar-refractivity contribution in [2.45, 2.75) is 19.3 Å². The molecule has 1 aromatic heterocycles. The highest BCUT2D eigenvalue weighted by atomic mass is 19.1. The summed E-state index contributed by atoms with van der Waals surface area (Å²) in [6.45, 7) is 1.88. The van der Waals surface area contributed by atoms with Gasteiger partial charge < -0.3 is 14.8 Å². The van der Waals surface area contributed by atoms with E-state index in [1.54, 1.807) is 37.3 Å². The molecule has 0 radical (unpaired) electrons. The molecule has 2 aliphatic rings. The van der Waals surface area contributed by atoms with E-state index in [1.807, 2.05) is 0 Å². The minimum Gasteiger partial charge on any atom is -0.454 e. The molecule has 0 spiro atoms. The first-order chi connectivity index (χ1) is 14.0. The van der Waals surface area contributed by atoms with Crippen LogP contribution in [0.25, 0.3) is 5.69 Å². The zero-order valence-corrected chi connectivity index (χ0v) is 15.4. The van der Waals surface area contributed by atoms with Gasteiger partial charge in [-0.05, 0) is 43.3 Å². The minimum absolute atomic E-state index is 0.00988. The molecule has 7 nitrogen and oxygen atoms in total. The van der Waals surface area contributed by atoms with Gasteiger partial charge in [-0.1, -0.05) is 6.07 Å². The monoisotopic (exact) mass is 393 g/mol. The Morgan fingerprint density at radius 3 is 2.86 bits per heavy atom. The van der Waals surface area contributed by atoms with Gasteiger partial charge >= 0.3 is 0 Å². The maximum Gasteiger partial charge on any atom is 0.231 e. The van der Waals surface area contributed by atoms with Gasteiger partial charge in [0.05, 0.1) is 17.3 Å². The Bertz CT molecular complexity index is 1170. The number of nitrogens with zero attached hydrogens (tertiary/aromatic N) is 2. The standard InChI is InChI=1S/C21H16FN3O4/c1-11-19-15(20(27)12-5-6-16-17(7-12)29-10-28-16)9-18(26)23-21(19)25(24-11)14-4-2-3-13(22)8-14/h2-8,15H,9-10H2,1H3,(H,23,26)/t15-/m1/s1. The van der Waals surface area contributed by atoms with Gasteiger partial charge in [0.15, 0.2) is 17.3 Å². The molecule has 0 fully saturated rings. The lowest BCUT2D eigenvalue weighted by molar-refractivity contribution is -0.116. The summed E-state index contributed by atoms with van der Waals surface area (Å²) >= 11 is 0. The van der Waals surface area contributed by atoms with Crippen LogP contribution in [0.1, 0.15) is 34.0 Å². The molecule has 2 aliphatic heterocycles. The van der Waals surface area contributed by atoms with Crippen molar-refractivity contribution in [3.05, 3.63) is 65.1 Å². The second-order valence-electron chi connectivity index (χ2n) is 6.98. The number of hydrogen-bond donors (Lipinski definition) is 1. The highest BCUT2D eigenvalue weighted by molar-refractivity contribution is 6.08. The molecule has 0 saturated carbocycles. The molecule has 0 saturated heterocycles. The SMILES string of the molecule is Cc1nn(-c2cccc(F)c2)c2c1[C@H](C(=O)c1ccc3c(c1)OCO3)CC(=O)N2. The van der Waals surface area contributed by atoms with E-state index in [9.17, 15) is 14.0 Å². The molecule has 3 aromatic rings. The van der Waals surface area contributed by atoms with Gasteiger partial charge in [0, 0.05) is 17.5 Å². The second kappa shape index (κ2) is 6.44. The van der Waals surface area contributed by atoms with Gasteiger partial charge in [-0.25, -0.2) is 9.07 Å². The average molecular weight is 393 g/mol. The van der Waals surface area contributed by atoms with Crippen molar-refractivity contribution in [1.82, 2.24) is 9.78 Å². The maximum atomic E-state index is 13.7. The number of Topliss-reactive ketones (excluding diaryl/α,β-unsaturated/α-hetero) is 1. The van der Waals surface area contributed by atoms with E-state index in [0.717, 1.165) is 0 Å². The fraction of sp³-hybridized carbons (Fsp3) is 0.190. The van der Waals surface area contributed by atoms with E-state index in [4.69, 9.17) is 9.47 Å². The number of aryl methyl sites for hydroxylation is 1. The van der Waals surface area contributed by atoms with Crippen LogP contribution in [-0.4, -0.2) is 28.3 Å². The Balaban J connectivity index is 1.59. The number of fused-ring (bicyclic) bond motifs is 2. The molecule has 2 aromatic carbocycles. The van der Waals surface area contributed by atoms with Crippen molar-refractivity contribution in [2.75, 3.05) is 12.1 Å². The van der Waals surface area contributed by atoms with E-state index in [1.165, 1.54) is 16.8 Å². The van der Waals surface area contributed by atoms with Crippen LogP contribution in [-0.2, 0) is 4.79 Å². The zero-order valence-electron chi connectivity index (χ0n) is 15.4. The molecule has 29 heavy (non-hydrogen) atoms. The molecule has 1 atom stereocenters. The predicted molar refractivity (Wildman–Crippen MR) is 101 cm³/mol. The van der Waals surface area contributed by atoms with E-state index in [0.29, 0.717) is 39.8 Å². The number of ether oxygens (including phenoxy) is 2. The Labute approximate surface area is 165 Å². The van der Waals surface area contributed by atoms with E-state index >= 15 is 0 Å². The number of rotatable bonds is 3. The van der Waals surface area contributed by atoms with Crippen molar-refractivity contribution in [3.63, 3.8) is 0 Å². The van der Waals surface area contributed by atoms with Crippen LogP contribution in [0.2, 0.25) is 0 Å². The maximum absolute atomic E-state index is 13.7. The normalized spacial score (nSPS) is 17.0. The molecular formula is C21H16FN3O4. The first-order valence-corrected chi connectivity index (χ1v) is 9.10. The van der Waals surface area contributed by atoms with Crippen molar-refractivity contribution in [3.8, 4) is 17.2 Å². The molecule has 146 valence electrons. The van der Waals surface area contributed by atoms with E-state index in [2.05, 4.69) is 10.4 Å². The number of hydrogen-bond acceptors (Lipinski definition) is 5.